The molecule has 1 saturated carbocycles. The van der Waals surface area contributed by atoms with Crippen LogP contribution in [0.4, 0.5) is 0 Å². The van der Waals surface area contributed by atoms with Gasteiger partial charge in [-0.05, 0) is 50.8 Å². The Morgan fingerprint density at radius 3 is 2.67 bits per heavy atom. The Kier molecular flexibility index (Phi) is 4.88. The lowest BCUT2D eigenvalue weighted by Crippen LogP contribution is -2.87. The predicted octanol–water partition coefficient (Wildman–Crippen LogP) is 2.10. The first-order valence-corrected chi connectivity index (χ1v) is 6.96. The molecule has 3 heteroatoms. The van der Waals surface area contributed by atoms with Crippen LogP contribution in [0.1, 0.15) is 38.2 Å². The second-order valence-electron chi connectivity index (χ2n) is 4.90. The van der Waals surface area contributed by atoms with Crippen LogP contribution >= 0.6 is 0 Å². The number of hydrogen-bond donors (Lipinski definition) is 1. The summed E-state index contributed by atoms with van der Waals surface area (Å²) in [7, 11) is 1.70. The highest BCUT2D eigenvalue weighted by Gasteiger charge is 2.17. The first-order chi connectivity index (χ1) is 8.83. The van der Waals surface area contributed by atoms with E-state index in [4.69, 9.17) is 9.47 Å². The van der Waals surface area contributed by atoms with Gasteiger partial charge in [-0.1, -0.05) is 0 Å². The van der Waals surface area contributed by atoms with Crippen LogP contribution in [0, 0.1) is 0 Å². The van der Waals surface area contributed by atoms with Gasteiger partial charge < -0.3 is 14.8 Å². The summed E-state index contributed by atoms with van der Waals surface area (Å²) in [4.78, 5) is 0. The van der Waals surface area contributed by atoms with E-state index in [9.17, 15) is 0 Å². The minimum atomic E-state index is 0.671. The van der Waals surface area contributed by atoms with Crippen LogP contribution in [0.15, 0.2) is 18.2 Å². The quantitative estimate of drug-likeness (QED) is 0.839. The smallest absolute Gasteiger partial charge is 0.161 e. The van der Waals surface area contributed by atoms with Gasteiger partial charge in [-0.25, -0.2) is 0 Å². The number of nitrogens with two attached hydrogens (primary N) is 1. The third kappa shape index (κ3) is 3.39. The Labute approximate surface area is 109 Å². The Morgan fingerprint density at radius 2 is 2.00 bits per heavy atom. The number of hydrogen-bond acceptors (Lipinski definition) is 2. The maximum Gasteiger partial charge on any atom is 0.161 e. The van der Waals surface area contributed by atoms with E-state index in [1.165, 1.54) is 31.2 Å². The van der Waals surface area contributed by atoms with Crippen molar-refractivity contribution in [3.63, 3.8) is 0 Å². The van der Waals surface area contributed by atoms with Gasteiger partial charge in [0.05, 0.1) is 19.8 Å². The predicted molar refractivity (Wildman–Crippen MR) is 72.0 cm³/mol. The fraction of sp³-hybridized carbons (Fsp3) is 0.600. The van der Waals surface area contributed by atoms with Gasteiger partial charge in [-0.15, -0.1) is 0 Å². The van der Waals surface area contributed by atoms with Crippen molar-refractivity contribution in [3.05, 3.63) is 23.8 Å². The molecule has 0 aromatic heterocycles. The third-order valence-electron chi connectivity index (χ3n) is 3.61. The molecule has 1 fully saturated rings. The molecule has 0 spiro atoms. The van der Waals surface area contributed by atoms with Gasteiger partial charge in [0.25, 0.3) is 0 Å². The second-order valence-corrected chi connectivity index (χ2v) is 4.90. The summed E-state index contributed by atoms with van der Waals surface area (Å²) in [6.45, 7) is 3.69. The Hall–Kier alpha value is -1.22. The molecule has 0 aliphatic heterocycles. The molecule has 0 atom stereocenters. The van der Waals surface area contributed by atoms with Crippen molar-refractivity contribution in [1.82, 2.24) is 0 Å². The Morgan fingerprint density at radius 1 is 1.22 bits per heavy atom. The van der Waals surface area contributed by atoms with Gasteiger partial charge in [0, 0.05) is 5.56 Å². The summed E-state index contributed by atoms with van der Waals surface area (Å²) < 4.78 is 10.9. The first-order valence-electron chi connectivity index (χ1n) is 6.96. The molecule has 18 heavy (non-hydrogen) atoms. The van der Waals surface area contributed by atoms with Crippen LogP contribution in [0.25, 0.3) is 0 Å². The maximum atomic E-state index is 5.53. The lowest BCUT2D eigenvalue weighted by atomic mass is 10.1. The SMILES string of the molecule is CCOc1ccc(C[NH2+]C2CCCC2)cc1OC. The second kappa shape index (κ2) is 6.64. The number of benzene rings is 1. The number of quaternary nitrogens is 1. The average Bonchev–Trinajstić information content (AvgIpc) is 2.91. The van der Waals surface area contributed by atoms with E-state index in [0.717, 1.165) is 24.1 Å². The van der Waals surface area contributed by atoms with Gasteiger partial charge in [0.15, 0.2) is 11.5 Å². The van der Waals surface area contributed by atoms with E-state index in [1.54, 1.807) is 7.11 Å². The maximum absolute atomic E-state index is 5.53. The topological polar surface area (TPSA) is 35.1 Å². The lowest BCUT2D eigenvalue weighted by Gasteiger charge is -2.12. The van der Waals surface area contributed by atoms with E-state index in [2.05, 4.69) is 17.4 Å². The summed E-state index contributed by atoms with van der Waals surface area (Å²) in [5, 5.41) is 2.46. The van der Waals surface area contributed by atoms with Crippen molar-refractivity contribution < 1.29 is 14.8 Å². The van der Waals surface area contributed by atoms with Gasteiger partial charge in [0.1, 0.15) is 6.54 Å². The molecule has 100 valence electrons. The zero-order valence-corrected chi connectivity index (χ0v) is 11.4. The van der Waals surface area contributed by atoms with E-state index in [1.807, 2.05) is 13.0 Å². The molecule has 0 bridgehead atoms. The average molecular weight is 250 g/mol. The molecule has 0 amide bonds. The van der Waals surface area contributed by atoms with Crippen LogP contribution in [0.3, 0.4) is 0 Å². The van der Waals surface area contributed by atoms with E-state index >= 15 is 0 Å². The molecule has 2 rings (SSSR count). The summed E-state index contributed by atoms with van der Waals surface area (Å²) >= 11 is 0. The lowest BCUT2D eigenvalue weighted by molar-refractivity contribution is -0.703. The highest BCUT2D eigenvalue weighted by atomic mass is 16.5. The van der Waals surface area contributed by atoms with E-state index in [-0.39, 0.29) is 0 Å². The van der Waals surface area contributed by atoms with Crippen LogP contribution < -0.4 is 14.8 Å². The Balaban J connectivity index is 1.95. The molecule has 0 saturated heterocycles. The molecule has 1 aromatic rings. The standard InChI is InChI=1S/C15H23NO2/c1-3-18-14-9-8-12(10-15(14)17-2)11-16-13-6-4-5-7-13/h8-10,13,16H,3-7,11H2,1-2H3/p+1. The normalized spacial score (nSPS) is 15.9. The molecule has 3 nitrogen and oxygen atoms in total. The van der Waals surface area contributed by atoms with Gasteiger partial charge in [0.2, 0.25) is 0 Å². The monoisotopic (exact) mass is 250 g/mol. The van der Waals surface area contributed by atoms with E-state index in [0.29, 0.717) is 6.61 Å². The fourth-order valence-corrected chi connectivity index (χ4v) is 2.61. The number of ether oxygens (including phenoxy) is 2. The third-order valence-corrected chi connectivity index (χ3v) is 3.61. The number of rotatable bonds is 6. The zero-order chi connectivity index (χ0) is 12.8. The molecular weight excluding hydrogens is 226 g/mol. The Bertz CT molecular complexity index is 373. The molecule has 0 radical (unpaired) electrons. The van der Waals surface area contributed by atoms with Crippen molar-refractivity contribution in [2.75, 3.05) is 13.7 Å². The van der Waals surface area contributed by atoms with E-state index < -0.39 is 0 Å². The first kappa shape index (κ1) is 13.2. The highest BCUT2D eigenvalue weighted by molar-refractivity contribution is 5.42. The largest absolute Gasteiger partial charge is 0.493 e. The summed E-state index contributed by atoms with van der Waals surface area (Å²) in [6.07, 6.45) is 5.53. The summed E-state index contributed by atoms with van der Waals surface area (Å²) in [5.74, 6) is 1.68. The molecule has 1 aliphatic carbocycles. The molecule has 1 aliphatic rings. The van der Waals surface area contributed by atoms with Gasteiger partial charge in [-0.2, -0.15) is 0 Å². The van der Waals surface area contributed by atoms with Crippen molar-refractivity contribution >= 4 is 0 Å². The zero-order valence-electron chi connectivity index (χ0n) is 11.4. The number of methoxy groups -OCH3 is 1. The fourth-order valence-electron chi connectivity index (χ4n) is 2.61. The van der Waals surface area contributed by atoms with Crippen LogP contribution in [0.5, 0.6) is 11.5 Å². The van der Waals surface area contributed by atoms with Crippen LogP contribution in [0.2, 0.25) is 0 Å². The van der Waals surface area contributed by atoms with Crippen molar-refractivity contribution in [1.29, 1.82) is 0 Å². The molecule has 0 heterocycles. The van der Waals surface area contributed by atoms with Gasteiger partial charge >= 0.3 is 0 Å². The molecule has 1 aromatic carbocycles. The van der Waals surface area contributed by atoms with Crippen molar-refractivity contribution in [2.45, 2.75) is 45.2 Å². The molecular formula is C15H24NO2+. The van der Waals surface area contributed by atoms with Crippen molar-refractivity contribution in [2.24, 2.45) is 0 Å². The minimum absolute atomic E-state index is 0.671. The molecule has 0 unspecified atom stereocenters. The summed E-state index contributed by atoms with van der Waals surface area (Å²) in [6, 6.07) is 7.07. The van der Waals surface area contributed by atoms with Crippen LogP contribution in [-0.2, 0) is 6.54 Å². The van der Waals surface area contributed by atoms with Crippen LogP contribution in [-0.4, -0.2) is 19.8 Å². The van der Waals surface area contributed by atoms with Crippen molar-refractivity contribution in [3.8, 4) is 11.5 Å². The summed E-state index contributed by atoms with van der Waals surface area (Å²) in [5.41, 5.74) is 1.31. The minimum Gasteiger partial charge on any atom is -0.493 e. The molecule has 2 N–H and O–H groups in total. The van der Waals surface area contributed by atoms with Gasteiger partial charge in [-0.3, -0.25) is 0 Å². The highest BCUT2D eigenvalue weighted by Crippen LogP contribution is 2.27.